The fourth-order valence-corrected chi connectivity index (χ4v) is 3.09. The van der Waals surface area contributed by atoms with Crippen molar-refractivity contribution < 1.29 is 0 Å². The lowest BCUT2D eigenvalue weighted by molar-refractivity contribution is 0.256. The molecule has 5 heteroatoms. The summed E-state index contributed by atoms with van der Waals surface area (Å²) in [5, 5.41) is 6.81. The molecule has 3 rings (SSSR count). The van der Waals surface area contributed by atoms with E-state index in [-0.39, 0.29) is 0 Å². The Morgan fingerprint density at radius 2 is 1.88 bits per heavy atom. The van der Waals surface area contributed by atoms with Gasteiger partial charge in [0.15, 0.2) is 5.96 Å². The summed E-state index contributed by atoms with van der Waals surface area (Å²) in [6.07, 6.45) is 3.71. The topological polar surface area (TPSA) is 42.9 Å². The summed E-state index contributed by atoms with van der Waals surface area (Å²) >= 11 is 0. The first-order valence-electron chi connectivity index (χ1n) is 9.42. The number of hydrogen-bond donors (Lipinski definition) is 2. The maximum absolute atomic E-state index is 4.70. The van der Waals surface area contributed by atoms with Crippen molar-refractivity contribution in [1.82, 2.24) is 15.5 Å². The Kier molecular flexibility index (Phi) is 6.35. The van der Waals surface area contributed by atoms with Crippen LogP contribution in [0.15, 0.2) is 35.3 Å². The molecule has 24 heavy (non-hydrogen) atoms. The molecular formula is C19H31N5. The minimum Gasteiger partial charge on any atom is -0.369 e. The summed E-state index contributed by atoms with van der Waals surface area (Å²) < 4.78 is 0. The Bertz CT molecular complexity index is 504. The van der Waals surface area contributed by atoms with Crippen molar-refractivity contribution in [3.63, 3.8) is 0 Å². The third-order valence-electron chi connectivity index (χ3n) is 4.66. The van der Waals surface area contributed by atoms with Crippen molar-refractivity contribution in [2.45, 2.75) is 32.2 Å². The highest BCUT2D eigenvalue weighted by Crippen LogP contribution is 2.18. The van der Waals surface area contributed by atoms with Crippen LogP contribution in [0.2, 0.25) is 0 Å². The van der Waals surface area contributed by atoms with E-state index >= 15 is 0 Å². The lowest BCUT2D eigenvalue weighted by Crippen LogP contribution is -2.46. The number of nitrogens with one attached hydrogen (secondary N) is 2. The van der Waals surface area contributed by atoms with Gasteiger partial charge in [-0.1, -0.05) is 18.2 Å². The van der Waals surface area contributed by atoms with E-state index < -0.39 is 0 Å². The van der Waals surface area contributed by atoms with E-state index in [9.17, 15) is 0 Å². The second-order valence-corrected chi connectivity index (χ2v) is 6.70. The molecule has 132 valence electrons. The van der Waals surface area contributed by atoms with Gasteiger partial charge >= 0.3 is 0 Å². The van der Waals surface area contributed by atoms with E-state index in [0.29, 0.717) is 6.04 Å². The van der Waals surface area contributed by atoms with E-state index in [2.05, 4.69) is 57.7 Å². The predicted molar refractivity (Wildman–Crippen MR) is 102 cm³/mol. The van der Waals surface area contributed by atoms with Crippen LogP contribution >= 0.6 is 0 Å². The van der Waals surface area contributed by atoms with Crippen LogP contribution in [-0.4, -0.2) is 62.7 Å². The maximum Gasteiger partial charge on any atom is 0.191 e. The largest absolute Gasteiger partial charge is 0.369 e. The van der Waals surface area contributed by atoms with Gasteiger partial charge in [0.25, 0.3) is 0 Å². The molecule has 1 aromatic rings. The number of aliphatic imine (C=N–C) groups is 1. The SMILES string of the molecule is CCNC(=NCCCN1CCN(c2ccccc2)CC1)NC1CC1. The van der Waals surface area contributed by atoms with Gasteiger partial charge in [-0.25, -0.2) is 0 Å². The summed E-state index contributed by atoms with van der Waals surface area (Å²) in [6, 6.07) is 11.4. The van der Waals surface area contributed by atoms with Crippen LogP contribution < -0.4 is 15.5 Å². The molecule has 0 amide bonds. The Hall–Kier alpha value is -1.75. The zero-order valence-electron chi connectivity index (χ0n) is 14.9. The number of rotatable bonds is 7. The van der Waals surface area contributed by atoms with Gasteiger partial charge < -0.3 is 15.5 Å². The maximum atomic E-state index is 4.70. The number of guanidine groups is 1. The van der Waals surface area contributed by atoms with Crippen LogP contribution in [0.1, 0.15) is 26.2 Å². The molecule has 1 aliphatic carbocycles. The van der Waals surface area contributed by atoms with Crippen LogP contribution in [0.5, 0.6) is 0 Å². The van der Waals surface area contributed by atoms with E-state index in [1.54, 1.807) is 0 Å². The molecule has 0 bridgehead atoms. The zero-order chi connectivity index (χ0) is 16.6. The Balaban J connectivity index is 1.34. The molecule has 5 nitrogen and oxygen atoms in total. The number of piperazine rings is 1. The van der Waals surface area contributed by atoms with Gasteiger partial charge in [0, 0.05) is 57.5 Å². The normalized spacial score (nSPS) is 19.4. The third-order valence-corrected chi connectivity index (χ3v) is 4.66. The van der Waals surface area contributed by atoms with E-state index in [4.69, 9.17) is 4.99 Å². The smallest absolute Gasteiger partial charge is 0.191 e. The molecule has 1 heterocycles. The number of nitrogens with zero attached hydrogens (tertiary/aromatic N) is 3. The van der Waals surface area contributed by atoms with Gasteiger partial charge in [-0.2, -0.15) is 0 Å². The van der Waals surface area contributed by atoms with E-state index in [0.717, 1.165) is 58.2 Å². The Labute approximate surface area is 146 Å². The molecule has 1 saturated carbocycles. The average Bonchev–Trinajstić information content (AvgIpc) is 3.44. The van der Waals surface area contributed by atoms with Crippen molar-refractivity contribution in [3.8, 4) is 0 Å². The van der Waals surface area contributed by atoms with Crippen molar-refractivity contribution in [2.75, 3.05) is 50.7 Å². The van der Waals surface area contributed by atoms with Gasteiger partial charge in [-0.15, -0.1) is 0 Å². The molecule has 2 aliphatic rings. The van der Waals surface area contributed by atoms with Crippen molar-refractivity contribution in [3.05, 3.63) is 30.3 Å². The van der Waals surface area contributed by atoms with Crippen molar-refractivity contribution >= 4 is 11.6 Å². The summed E-state index contributed by atoms with van der Waals surface area (Å²) in [5.41, 5.74) is 1.35. The first-order chi connectivity index (χ1) is 11.8. The molecule has 0 spiro atoms. The predicted octanol–water partition coefficient (Wildman–Crippen LogP) is 1.92. The molecule has 1 saturated heterocycles. The minimum absolute atomic E-state index is 0.661. The van der Waals surface area contributed by atoms with Gasteiger partial charge in [-0.05, 0) is 38.3 Å². The highest BCUT2D eigenvalue weighted by Gasteiger charge is 2.22. The molecular weight excluding hydrogens is 298 g/mol. The highest BCUT2D eigenvalue weighted by atomic mass is 15.3. The Morgan fingerprint density at radius 3 is 2.54 bits per heavy atom. The third kappa shape index (κ3) is 5.41. The second-order valence-electron chi connectivity index (χ2n) is 6.70. The number of para-hydroxylation sites is 1. The van der Waals surface area contributed by atoms with Crippen LogP contribution in [0.4, 0.5) is 5.69 Å². The summed E-state index contributed by atoms with van der Waals surface area (Å²) in [4.78, 5) is 9.75. The Morgan fingerprint density at radius 1 is 1.12 bits per heavy atom. The fourth-order valence-electron chi connectivity index (χ4n) is 3.09. The van der Waals surface area contributed by atoms with E-state index in [1.165, 1.54) is 18.5 Å². The van der Waals surface area contributed by atoms with Gasteiger partial charge in [0.2, 0.25) is 0 Å². The molecule has 0 unspecified atom stereocenters. The standard InChI is InChI=1S/C19H31N5/c1-2-20-19(22-17-9-10-17)21-11-6-12-23-13-15-24(16-14-23)18-7-4-3-5-8-18/h3-5,7-8,17H,2,6,9-16H2,1H3,(H2,20,21,22). The van der Waals surface area contributed by atoms with E-state index in [1.807, 2.05) is 0 Å². The molecule has 2 fully saturated rings. The summed E-state index contributed by atoms with van der Waals surface area (Å²) in [6.45, 7) is 9.66. The van der Waals surface area contributed by atoms with Gasteiger partial charge in [0.05, 0.1) is 0 Å². The number of anilines is 1. The molecule has 1 aliphatic heterocycles. The quantitative estimate of drug-likeness (QED) is 0.456. The first-order valence-corrected chi connectivity index (χ1v) is 9.42. The fraction of sp³-hybridized carbons (Fsp3) is 0.632. The lowest BCUT2D eigenvalue weighted by Gasteiger charge is -2.36. The number of benzene rings is 1. The monoisotopic (exact) mass is 329 g/mol. The molecule has 0 atom stereocenters. The van der Waals surface area contributed by atoms with Crippen LogP contribution in [0.3, 0.4) is 0 Å². The molecule has 0 aromatic heterocycles. The second kappa shape index (κ2) is 8.92. The van der Waals surface area contributed by atoms with Crippen molar-refractivity contribution in [2.24, 2.45) is 4.99 Å². The molecule has 0 radical (unpaired) electrons. The summed E-state index contributed by atoms with van der Waals surface area (Å²) in [7, 11) is 0. The van der Waals surface area contributed by atoms with Crippen molar-refractivity contribution in [1.29, 1.82) is 0 Å². The minimum atomic E-state index is 0.661. The average molecular weight is 329 g/mol. The van der Waals surface area contributed by atoms with Gasteiger partial charge in [0.1, 0.15) is 0 Å². The van der Waals surface area contributed by atoms with Crippen LogP contribution in [-0.2, 0) is 0 Å². The van der Waals surface area contributed by atoms with Gasteiger partial charge in [-0.3, -0.25) is 9.89 Å². The molecule has 1 aromatic carbocycles. The lowest BCUT2D eigenvalue weighted by atomic mass is 10.2. The highest BCUT2D eigenvalue weighted by molar-refractivity contribution is 5.80. The van der Waals surface area contributed by atoms with Crippen LogP contribution in [0, 0.1) is 0 Å². The molecule has 2 N–H and O–H groups in total. The van der Waals surface area contributed by atoms with Crippen LogP contribution in [0.25, 0.3) is 0 Å². The number of hydrogen-bond acceptors (Lipinski definition) is 3. The first kappa shape index (κ1) is 17.1. The summed E-state index contributed by atoms with van der Waals surface area (Å²) in [5.74, 6) is 0.994. The zero-order valence-corrected chi connectivity index (χ0v) is 14.9.